The second-order valence-electron chi connectivity index (χ2n) is 15.8. The predicted octanol–water partition coefficient (Wildman–Crippen LogP) is 7.37. The van der Waals surface area contributed by atoms with Crippen molar-refractivity contribution >= 4 is 28.9 Å². The van der Waals surface area contributed by atoms with Crippen molar-refractivity contribution in [3.8, 4) is 33.6 Å². The maximum absolute atomic E-state index is 13.5. The van der Waals surface area contributed by atoms with Crippen LogP contribution in [0.4, 0.5) is 9.59 Å². The number of hydrogen-bond donors (Lipinski definition) is 4. The molecule has 0 bridgehead atoms. The molecule has 2 aliphatic heterocycles. The number of aromatic nitrogens is 4. The Morgan fingerprint density at radius 1 is 0.836 bits per heavy atom. The largest absolute Gasteiger partial charge is 0.453 e. The normalized spacial score (nSPS) is 19.2. The van der Waals surface area contributed by atoms with E-state index in [-0.39, 0.29) is 24.4 Å². The van der Waals surface area contributed by atoms with E-state index in [1.807, 2.05) is 45.7 Å². The first-order chi connectivity index (χ1) is 26.3. The first-order valence-electron chi connectivity index (χ1n) is 18.9. The van der Waals surface area contributed by atoms with Gasteiger partial charge in [-0.2, -0.15) is 0 Å². The molecule has 13 nitrogen and oxygen atoms in total. The molecule has 4 N–H and O–H groups in total. The van der Waals surface area contributed by atoms with Crippen LogP contribution in [0.3, 0.4) is 0 Å². The number of likely N-dealkylation sites (tertiary alicyclic amines) is 2. The molecule has 2 saturated heterocycles. The summed E-state index contributed by atoms with van der Waals surface area (Å²) in [5.74, 6) is 1.10. The van der Waals surface area contributed by atoms with E-state index in [9.17, 15) is 19.5 Å². The fourth-order valence-electron chi connectivity index (χ4n) is 7.53. The molecular formula is C42H49N7O6. The first-order valence-corrected chi connectivity index (χ1v) is 18.9. The van der Waals surface area contributed by atoms with Crippen LogP contribution in [0.2, 0.25) is 0 Å². The number of nitrogens with zero attached hydrogens (tertiary/aromatic N) is 4. The van der Waals surface area contributed by atoms with Gasteiger partial charge >= 0.3 is 12.2 Å². The van der Waals surface area contributed by atoms with Crippen LogP contribution >= 0.6 is 0 Å². The standard InChI is InChI=1S/C42H49N7O6/c1-24(2)36(47-40(52)54-6)39(51)48-17-7-8-34(48)37-43-21-32(45-37)26-11-9-25(10-12-26)27-13-14-29-19-30(16-15-28(29)18-27)33-22-44-38(46-33)35-20-31(50)23-49(35)41(53)55-42(3,4)5/h9-16,18-19,21-22,24,31,34-36,50H,7-8,17,20,23H2,1-6H3,(H,43,45)(H,44,46)(H,47,52)/t31-,34?,35-,36?/m0/s1. The third kappa shape index (κ3) is 8.07. The van der Waals surface area contributed by atoms with Crippen LogP contribution in [0, 0.1) is 5.92 Å². The Hall–Kier alpha value is -5.69. The van der Waals surface area contributed by atoms with Crippen molar-refractivity contribution in [2.75, 3.05) is 20.2 Å². The van der Waals surface area contributed by atoms with Gasteiger partial charge in [0.05, 0.1) is 55.6 Å². The molecule has 288 valence electrons. The SMILES string of the molecule is COC(=O)NC(C(=O)N1CCCC1c1ncc(-c2ccc(-c3ccc4cc(-c5cnc([C@@H]6C[C@H](O)CN6C(=O)OC(C)(C)C)[nH]5)ccc4c3)cc2)[nH]1)C(C)C. The quantitative estimate of drug-likeness (QED) is 0.128. The highest BCUT2D eigenvalue weighted by atomic mass is 16.6. The summed E-state index contributed by atoms with van der Waals surface area (Å²) in [6.45, 7) is 10.1. The molecule has 13 heteroatoms. The van der Waals surface area contributed by atoms with E-state index in [1.165, 1.54) is 7.11 Å². The zero-order valence-electron chi connectivity index (χ0n) is 32.1. The summed E-state index contributed by atoms with van der Waals surface area (Å²) in [4.78, 5) is 57.8. The zero-order chi connectivity index (χ0) is 39.0. The van der Waals surface area contributed by atoms with Crippen molar-refractivity contribution < 1.29 is 29.0 Å². The summed E-state index contributed by atoms with van der Waals surface area (Å²) in [5.41, 5.74) is 5.16. The predicted molar refractivity (Wildman–Crippen MR) is 209 cm³/mol. The number of benzene rings is 3. The molecule has 4 heterocycles. The first kappa shape index (κ1) is 37.6. The van der Waals surface area contributed by atoms with Crippen LogP contribution in [-0.2, 0) is 14.3 Å². The molecule has 0 saturated carbocycles. The number of imidazole rings is 2. The maximum Gasteiger partial charge on any atom is 0.411 e. The molecule has 7 rings (SSSR count). The van der Waals surface area contributed by atoms with Crippen LogP contribution in [0.5, 0.6) is 0 Å². The molecule has 3 aromatic carbocycles. The number of alkyl carbamates (subject to hydrolysis) is 1. The molecule has 5 aromatic rings. The summed E-state index contributed by atoms with van der Waals surface area (Å²) in [5, 5.41) is 15.3. The third-order valence-electron chi connectivity index (χ3n) is 10.3. The lowest BCUT2D eigenvalue weighted by molar-refractivity contribution is -0.135. The summed E-state index contributed by atoms with van der Waals surface area (Å²) < 4.78 is 10.3. The Labute approximate surface area is 320 Å². The Balaban J connectivity index is 1.03. The second-order valence-corrected chi connectivity index (χ2v) is 15.8. The minimum atomic E-state index is -0.685. The lowest BCUT2D eigenvalue weighted by atomic mass is 9.98. The number of β-amino-alcohol motifs (C(OH)–C–C–N with tert-alkyl or cyclic N) is 1. The van der Waals surface area contributed by atoms with Gasteiger partial charge in [0.25, 0.3) is 0 Å². The topological polar surface area (TPSA) is 166 Å². The van der Waals surface area contributed by atoms with Gasteiger partial charge in [-0.25, -0.2) is 19.6 Å². The average molecular weight is 748 g/mol. The van der Waals surface area contributed by atoms with Crippen molar-refractivity contribution in [2.24, 2.45) is 5.92 Å². The number of carbonyl (C=O) groups excluding carboxylic acids is 3. The number of fused-ring (bicyclic) bond motifs is 1. The van der Waals surface area contributed by atoms with E-state index in [0.29, 0.717) is 18.8 Å². The van der Waals surface area contributed by atoms with Crippen LogP contribution in [0.1, 0.15) is 77.6 Å². The molecule has 0 spiro atoms. The fourth-order valence-corrected chi connectivity index (χ4v) is 7.53. The van der Waals surface area contributed by atoms with Gasteiger partial charge in [0.15, 0.2) is 0 Å². The minimum absolute atomic E-state index is 0.102. The highest BCUT2D eigenvalue weighted by molar-refractivity contribution is 5.91. The number of hydrogen-bond acceptors (Lipinski definition) is 8. The Morgan fingerprint density at radius 3 is 2.05 bits per heavy atom. The molecule has 2 unspecified atom stereocenters. The van der Waals surface area contributed by atoms with Gasteiger partial charge < -0.3 is 34.8 Å². The van der Waals surface area contributed by atoms with E-state index >= 15 is 0 Å². The van der Waals surface area contributed by atoms with Gasteiger partial charge in [-0.15, -0.1) is 0 Å². The second kappa shape index (κ2) is 15.2. The Bertz CT molecular complexity index is 2190. The number of nitrogens with one attached hydrogen (secondary N) is 3. The number of aliphatic hydroxyl groups is 1. The molecule has 2 aliphatic rings. The van der Waals surface area contributed by atoms with Crippen LogP contribution in [0.25, 0.3) is 44.4 Å². The van der Waals surface area contributed by atoms with Crippen LogP contribution in [-0.4, -0.2) is 90.9 Å². The van der Waals surface area contributed by atoms with E-state index in [1.54, 1.807) is 11.1 Å². The molecule has 2 aromatic heterocycles. The smallest absolute Gasteiger partial charge is 0.411 e. The van der Waals surface area contributed by atoms with E-state index < -0.39 is 36.0 Å². The summed E-state index contributed by atoms with van der Waals surface area (Å²) >= 11 is 0. The molecule has 4 atom stereocenters. The van der Waals surface area contributed by atoms with Crippen molar-refractivity contribution in [1.82, 2.24) is 35.1 Å². The van der Waals surface area contributed by atoms with Crippen molar-refractivity contribution in [1.29, 1.82) is 0 Å². The highest BCUT2D eigenvalue weighted by Gasteiger charge is 2.40. The number of methoxy groups -OCH3 is 1. The van der Waals surface area contributed by atoms with E-state index in [2.05, 4.69) is 85.9 Å². The average Bonchev–Trinajstić information content (AvgIpc) is 3.99. The lowest BCUT2D eigenvalue weighted by Gasteiger charge is -2.30. The van der Waals surface area contributed by atoms with Crippen LogP contribution < -0.4 is 5.32 Å². The molecule has 55 heavy (non-hydrogen) atoms. The van der Waals surface area contributed by atoms with Gasteiger partial charge in [-0.3, -0.25) is 9.69 Å². The fraction of sp³-hybridized carbons (Fsp3) is 0.405. The third-order valence-corrected chi connectivity index (χ3v) is 10.3. The van der Waals surface area contributed by atoms with Crippen LogP contribution in [0.15, 0.2) is 73.1 Å². The number of amides is 3. The maximum atomic E-state index is 13.5. The monoisotopic (exact) mass is 747 g/mol. The van der Waals surface area contributed by atoms with Gasteiger partial charge in [0.2, 0.25) is 5.91 Å². The number of rotatable bonds is 8. The molecule has 0 radical (unpaired) electrons. The Kier molecular flexibility index (Phi) is 10.4. The number of carbonyl (C=O) groups is 3. The lowest BCUT2D eigenvalue weighted by Crippen LogP contribution is -2.51. The van der Waals surface area contributed by atoms with E-state index in [0.717, 1.165) is 63.1 Å². The van der Waals surface area contributed by atoms with Crippen molar-refractivity contribution in [3.05, 3.63) is 84.7 Å². The summed E-state index contributed by atoms with van der Waals surface area (Å²) in [6, 6.07) is 19.7. The van der Waals surface area contributed by atoms with E-state index in [4.69, 9.17) is 9.47 Å². The Morgan fingerprint density at radius 2 is 1.42 bits per heavy atom. The summed E-state index contributed by atoms with van der Waals surface area (Å²) in [7, 11) is 1.29. The zero-order valence-corrected chi connectivity index (χ0v) is 32.1. The molecule has 2 fully saturated rings. The number of aromatic amines is 2. The molecule has 3 amide bonds. The number of H-pyrrole nitrogens is 2. The van der Waals surface area contributed by atoms with Gasteiger partial charge in [0.1, 0.15) is 23.3 Å². The highest BCUT2D eigenvalue weighted by Crippen LogP contribution is 2.36. The summed E-state index contributed by atoms with van der Waals surface area (Å²) in [6.07, 6.45) is 3.86. The number of ether oxygens (including phenoxy) is 2. The van der Waals surface area contributed by atoms with Gasteiger partial charge in [-0.1, -0.05) is 62.4 Å². The van der Waals surface area contributed by atoms with Crippen molar-refractivity contribution in [2.45, 2.75) is 83.7 Å². The molecular weight excluding hydrogens is 699 g/mol. The minimum Gasteiger partial charge on any atom is -0.453 e. The van der Waals surface area contributed by atoms with Gasteiger partial charge in [0, 0.05) is 18.5 Å². The van der Waals surface area contributed by atoms with Gasteiger partial charge in [-0.05, 0) is 79.1 Å². The molecule has 0 aliphatic carbocycles. The number of aliphatic hydroxyl groups excluding tert-OH is 1. The van der Waals surface area contributed by atoms with Crippen molar-refractivity contribution in [3.63, 3.8) is 0 Å².